The highest BCUT2D eigenvalue weighted by molar-refractivity contribution is 5.83. The van der Waals surface area contributed by atoms with Crippen molar-refractivity contribution < 1.29 is 0 Å². The quantitative estimate of drug-likeness (QED) is 0.386. The van der Waals surface area contributed by atoms with Gasteiger partial charge in [0.25, 0.3) is 5.56 Å². The summed E-state index contributed by atoms with van der Waals surface area (Å²) in [5.41, 5.74) is 3.88. The smallest absolute Gasteiger partial charge is 0.261 e. The summed E-state index contributed by atoms with van der Waals surface area (Å²) in [4.78, 5) is 18.2. The van der Waals surface area contributed by atoms with Crippen LogP contribution in [-0.2, 0) is 0 Å². The zero-order chi connectivity index (χ0) is 20.2. The van der Waals surface area contributed by atoms with Gasteiger partial charge in [-0.15, -0.1) is 0 Å². The van der Waals surface area contributed by atoms with Crippen LogP contribution in [0.2, 0.25) is 0 Å². The van der Waals surface area contributed by atoms with Crippen molar-refractivity contribution in [3.05, 3.63) is 100 Å². The van der Waals surface area contributed by atoms with E-state index < -0.39 is 0 Å². The highest BCUT2D eigenvalue weighted by atomic mass is 16.1. The SMILES string of the molecule is CCC(C)n1c(-c2ccccc2/C=C/c2ccccc2)nc2ccccc2c1=O. The van der Waals surface area contributed by atoms with Gasteiger partial charge in [-0.25, -0.2) is 4.98 Å². The number of nitrogens with zero attached hydrogens (tertiary/aromatic N) is 2. The molecule has 0 N–H and O–H groups in total. The molecule has 0 bridgehead atoms. The molecule has 3 nitrogen and oxygen atoms in total. The molecule has 0 fully saturated rings. The summed E-state index contributed by atoms with van der Waals surface area (Å²) in [6, 6.07) is 26.0. The molecule has 29 heavy (non-hydrogen) atoms. The summed E-state index contributed by atoms with van der Waals surface area (Å²) in [6.45, 7) is 4.17. The van der Waals surface area contributed by atoms with Crippen molar-refractivity contribution in [3.63, 3.8) is 0 Å². The minimum absolute atomic E-state index is 0.0155. The minimum atomic E-state index is 0.0155. The average Bonchev–Trinajstić information content (AvgIpc) is 2.78. The second-order valence-electron chi connectivity index (χ2n) is 7.22. The maximum atomic E-state index is 13.3. The highest BCUT2D eigenvalue weighted by Gasteiger charge is 2.17. The fraction of sp³-hybridized carbons (Fsp3) is 0.154. The van der Waals surface area contributed by atoms with E-state index in [1.165, 1.54) is 0 Å². The Kier molecular flexibility index (Phi) is 5.39. The first-order valence-corrected chi connectivity index (χ1v) is 10.0. The molecular weight excluding hydrogens is 356 g/mol. The average molecular weight is 380 g/mol. The zero-order valence-electron chi connectivity index (χ0n) is 16.7. The first-order valence-electron chi connectivity index (χ1n) is 10.0. The predicted molar refractivity (Wildman–Crippen MR) is 122 cm³/mol. The molecule has 0 amide bonds. The summed E-state index contributed by atoms with van der Waals surface area (Å²) in [6.07, 6.45) is 5.04. The molecule has 1 heterocycles. The molecule has 0 aliphatic carbocycles. The van der Waals surface area contributed by atoms with Crippen LogP contribution in [0.4, 0.5) is 0 Å². The fourth-order valence-corrected chi connectivity index (χ4v) is 3.52. The van der Waals surface area contributed by atoms with Crippen molar-refractivity contribution in [1.82, 2.24) is 9.55 Å². The molecule has 1 aromatic heterocycles. The summed E-state index contributed by atoms with van der Waals surface area (Å²) in [5.74, 6) is 0.719. The Hall–Kier alpha value is -3.46. The van der Waals surface area contributed by atoms with Crippen LogP contribution in [-0.4, -0.2) is 9.55 Å². The van der Waals surface area contributed by atoms with Gasteiger partial charge in [0.05, 0.1) is 10.9 Å². The monoisotopic (exact) mass is 380 g/mol. The summed E-state index contributed by atoms with van der Waals surface area (Å²) in [5, 5.41) is 0.661. The van der Waals surface area contributed by atoms with Gasteiger partial charge in [-0.05, 0) is 36.6 Å². The molecule has 144 valence electrons. The summed E-state index contributed by atoms with van der Waals surface area (Å²) in [7, 11) is 0. The molecule has 0 saturated carbocycles. The Morgan fingerprint density at radius 2 is 1.59 bits per heavy atom. The van der Waals surface area contributed by atoms with E-state index in [1.807, 2.05) is 65.2 Å². The normalized spacial score (nSPS) is 12.5. The predicted octanol–water partition coefficient (Wildman–Crippen LogP) is 6.20. The maximum absolute atomic E-state index is 13.3. The number of para-hydroxylation sites is 1. The van der Waals surface area contributed by atoms with Crippen LogP contribution in [0.25, 0.3) is 34.4 Å². The molecule has 0 saturated heterocycles. The van der Waals surface area contributed by atoms with Gasteiger partial charge in [-0.3, -0.25) is 9.36 Å². The number of benzene rings is 3. The first-order chi connectivity index (χ1) is 14.2. The molecule has 0 radical (unpaired) electrons. The third kappa shape index (κ3) is 3.77. The molecule has 3 aromatic carbocycles. The molecule has 0 aliphatic rings. The molecule has 3 heteroatoms. The van der Waals surface area contributed by atoms with E-state index in [2.05, 4.69) is 44.2 Å². The Morgan fingerprint density at radius 1 is 0.897 bits per heavy atom. The summed E-state index contributed by atoms with van der Waals surface area (Å²) < 4.78 is 1.84. The number of hydrogen-bond acceptors (Lipinski definition) is 2. The maximum Gasteiger partial charge on any atom is 0.261 e. The second-order valence-corrected chi connectivity index (χ2v) is 7.22. The fourth-order valence-electron chi connectivity index (χ4n) is 3.52. The Labute approximate surface area is 171 Å². The van der Waals surface area contributed by atoms with E-state index in [9.17, 15) is 4.79 Å². The Morgan fingerprint density at radius 3 is 2.38 bits per heavy atom. The van der Waals surface area contributed by atoms with E-state index in [1.54, 1.807) is 0 Å². The topological polar surface area (TPSA) is 34.9 Å². The first kappa shape index (κ1) is 18.9. The number of aromatic nitrogens is 2. The van der Waals surface area contributed by atoms with Gasteiger partial charge < -0.3 is 0 Å². The van der Waals surface area contributed by atoms with E-state index in [0.29, 0.717) is 5.39 Å². The van der Waals surface area contributed by atoms with E-state index in [0.717, 1.165) is 34.5 Å². The van der Waals surface area contributed by atoms with Crippen LogP contribution in [0.3, 0.4) is 0 Å². The lowest BCUT2D eigenvalue weighted by atomic mass is 10.0. The Balaban J connectivity index is 1.93. The largest absolute Gasteiger partial charge is 0.289 e. The lowest BCUT2D eigenvalue weighted by Gasteiger charge is -2.20. The van der Waals surface area contributed by atoms with Gasteiger partial charge in [0.2, 0.25) is 0 Å². The molecule has 0 spiro atoms. The third-order valence-corrected chi connectivity index (χ3v) is 5.30. The summed E-state index contributed by atoms with van der Waals surface area (Å²) >= 11 is 0. The van der Waals surface area contributed by atoms with Crippen LogP contribution in [0.5, 0.6) is 0 Å². The molecule has 0 aliphatic heterocycles. The van der Waals surface area contributed by atoms with Gasteiger partial charge in [0.15, 0.2) is 0 Å². The Bertz CT molecular complexity index is 1220. The van der Waals surface area contributed by atoms with Crippen molar-refractivity contribution >= 4 is 23.1 Å². The van der Waals surface area contributed by atoms with Gasteiger partial charge in [-0.2, -0.15) is 0 Å². The van der Waals surface area contributed by atoms with Crippen molar-refractivity contribution in [1.29, 1.82) is 0 Å². The van der Waals surface area contributed by atoms with E-state index >= 15 is 0 Å². The van der Waals surface area contributed by atoms with Crippen molar-refractivity contribution in [2.24, 2.45) is 0 Å². The molecule has 4 aromatic rings. The second kappa shape index (κ2) is 8.27. The number of rotatable bonds is 5. The van der Waals surface area contributed by atoms with Crippen molar-refractivity contribution in [2.45, 2.75) is 26.3 Å². The standard InChI is InChI=1S/C26H24N2O/c1-3-19(2)28-25(27-24-16-10-9-15-23(24)26(28)29)22-14-8-7-13-21(22)18-17-20-11-5-4-6-12-20/h4-19H,3H2,1-2H3/b18-17+. The van der Waals surface area contributed by atoms with Gasteiger partial charge in [0, 0.05) is 11.6 Å². The van der Waals surface area contributed by atoms with Gasteiger partial charge >= 0.3 is 0 Å². The van der Waals surface area contributed by atoms with Crippen LogP contribution in [0.15, 0.2) is 83.7 Å². The van der Waals surface area contributed by atoms with Crippen LogP contribution >= 0.6 is 0 Å². The minimum Gasteiger partial charge on any atom is -0.289 e. The van der Waals surface area contributed by atoms with E-state index in [4.69, 9.17) is 4.98 Å². The number of fused-ring (bicyclic) bond motifs is 1. The van der Waals surface area contributed by atoms with E-state index in [-0.39, 0.29) is 11.6 Å². The molecule has 1 unspecified atom stereocenters. The van der Waals surface area contributed by atoms with Crippen LogP contribution < -0.4 is 5.56 Å². The van der Waals surface area contributed by atoms with Crippen LogP contribution in [0, 0.1) is 0 Å². The van der Waals surface area contributed by atoms with Crippen LogP contribution in [0.1, 0.15) is 37.4 Å². The van der Waals surface area contributed by atoms with Gasteiger partial charge in [-0.1, -0.05) is 85.8 Å². The van der Waals surface area contributed by atoms with Crippen molar-refractivity contribution in [3.8, 4) is 11.4 Å². The van der Waals surface area contributed by atoms with Gasteiger partial charge in [0.1, 0.15) is 5.82 Å². The van der Waals surface area contributed by atoms with Crippen molar-refractivity contribution in [2.75, 3.05) is 0 Å². The molecule has 1 atom stereocenters. The highest BCUT2D eigenvalue weighted by Crippen LogP contribution is 2.27. The lowest BCUT2D eigenvalue weighted by Crippen LogP contribution is -2.26. The lowest BCUT2D eigenvalue weighted by molar-refractivity contribution is 0.517. The number of hydrogen-bond donors (Lipinski definition) is 0. The molecule has 4 rings (SSSR count). The third-order valence-electron chi connectivity index (χ3n) is 5.30. The zero-order valence-corrected chi connectivity index (χ0v) is 16.7. The molecular formula is C26H24N2O.